The van der Waals surface area contributed by atoms with Crippen LogP contribution in [-0.2, 0) is 16.6 Å². The summed E-state index contributed by atoms with van der Waals surface area (Å²) in [5, 5.41) is 8.95. The fourth-order valence-electron chi connectivity index (χ4n) is 2.37. The van der Waals surface area contributed by atoms with Crippen LogP contribution >= 0.6 is 0 Å². The van der Waals surface area contributed by atoms with E-state index in [4.69, 9.17) is 9.84 Å². The number of hydrogen-bond donors (Lipinski definition) is 1. The Morgan fingerprint density at radius 3 is 2.82 bits per heavy atom. The molecule has 0 saturated carbocycles. The maximum Gasteiger partial charge on any atom is 0.304 e. The van der Waals surface area contributed by atoms with Gasteiger partial charge in [0.05, 0.1) is 13.0 Å². The first kappa shape index (κ1) is 12.0. The normalized spacial score (nSPS) is 14.3. The average molecular weight is 234 g/mol. The Bertz CT molecular complexity index is 461. The van der Waals surface area contributed by atoms with E-state index in [-0.39, 0.29) is 11.8 Å². The Kier molecular flexibility index (Phi) is 2.86. The highest BCUT2D eigenvalue weighted by Gasteiger charge is 2.27. The van der Waals surface area contributed by atoms with E-state index in [1.807, 2.05) is 26.8 Å². The molecule has 3 heteroatoms. The van der Waals surface area contributed by atoms with Gasteiger partial charge in [-0.15, -0.1) is 0 Å². The van der Waals surface area contributed by atoms with E-state index in [1.54, 1.807) is 0 Å². The molecular weight excluding hydrogens is 216 g/mol. The summed E-state index contributed by atoms with van der Waals surface area (Å²) in [4.78, 5) is 10.9. The van der Waals surface area contributed by atoms with Gasteiger partial charge in [0.15, 0.2) is 0 Å². The van der Waals surface area contributed by atoms with Gasteiger partial charge in [-0.3, -0.25) is 4.79 Å². The maximum absolute atomic E-state index is 10.9. The standard InChI is InChI=1S/C14H18O3/c1-9-6-11(14(2,3)8-12(15)16)7-10-4-5-17-13(9)10/h6-7H,4-5,8H2,1-3H3,(H,15,16). The van der Waals surface area contributed by atoms with E-state index in [1.165, 1.54) is 5.56 Å². The van der Waals surface area contributed by atoms with E-state index >= 15 is 0 Å². The molecule has 0 bridgehead atoms. The van der Waals surface area contributed by atoms with Gasteiger partial charge in [0.1, 0.15) is 5.75 Å². The molecule has 1 N–H and O–H groups in total. The van der Waals surface area contributed by atoms with Crippen molar-refractivity contribution in [3.63, 3.8) is 0 Å². The van der Waals surface area contributed by atoms with Crippen molar-refractivity contribution in [1.82, 2.24) is 0 Å². The second-order valence-corrected chi connectivity index (χ2v) is 5.33. The first-order valence-electron chi connectivity index (χ1n) is 5.89. The minimum atomic E-state index is -0.760. The van der Waals surface area contributed by atoms with Crippen LogP contribution in [0.1, 0.15) is 37.0 Å². The number of rotatable bonds is 3. The van der Waals surface area contributed by atoms with Crippen molar-refractivity contribution in [3.8, 4) is 5.75 Å². The van der Waals surface area contributed by atoms with Crippen LogP contribution < -0.4 is 4.74 Å². The van der Waals surface area contributed by atoms with Gasteiger partial charge in [-0.1, -0.05) is 26.0 Å². The second-order valence-electron chi connectivity index (χ2n) is 5.33. The molecule has 0 fully saturated rings. The van der Waals surface area contributed by atoms with Crippen LogP contribution in [0.15, 0.2) is 12.1 Å². The molecule has 0 aliphatic carbocycles. The summed E-state index contributed by atoms with van der Waals surface area (Å²) >= 11 is 0. The molecule has 0 amide bonds. The largest absolute Gasteiger partial charge is 0.493 e. The quantitative estimate of drug-likeness (QED) is 0.874. The topological polar surface area (TPSA) is 46.5 Å². The highest BCUT2D eigenvalue weighted by molar-refractivity contribution is 5.69. The van der Waals surface area contributed by atoms with Crippen molar-refractivity contribution in [2.75, 3.05) is 6.61 Å². The molecule has 17 heavy (non-hydrogen) atoms. The predicted octanol–water partition coefficient (Wildman–Crippen LogP) is 2.68. The number of carbonyl (C=O) groups is 1. The van der Waals surface area contributed by atoms with E-state index in [0.717, 1.165) is 29.9 Å². The molecule has 0 spiro atoms. The van der Waals surface area contributed by atoms with E-state index in [9.17, 15) is 4.79 Å². The number of carboxylic acids is 1. The fourth-order valence-corrected chi connectivity index (χ4v) is 2.37. The zero-order chi connectivity index (χ0) is 12.6. The molecule has 0 saturated heterocycles. The van der Waals surface area contributed by atoms with Gasteiger partial charge in [0.25, 0.3) is 0 Å². The van der Waals surface area contributed by atoms with Gasteiger partial charge in [0, 0.05) is 11.8 Å². The maximum atomic E-state index is 10.9. The molecule has 1 heterocycles. The monoisotopic (exact) mass is 234 g/mol. The van der Waals surface area contributed by atoms with E-state index < -0.39 is 5.97 Å². The van der Waals surface area contributed by atoms with Crippen LogP contribution in [0.4, 0.5) is 0 Å². The Labute approximate surface area is 101 Å². The molecular formula is C14H18O3. The average Bonchev–Trinajstić information content (AvgIpc) is 2.63. The third-order valence-corrected chi connectivity index (χ3v) is 3.34. The van der Waals surface area contributed by atoms with Crippen molar-refractivity contribution in [2.24, 2.45) is 0 Å². The summed E-state index contributed by atoms with van der Waals surface area (Å²) in [7, 11) is 0. The van der Waals surface area contributed by atoms with Crippen LogP contribution in [0.2, 0.25) is 0 Å². The van der Waals surface area contributed by atoms with Crippen molar-refractivity contribution < 1.29 is 14.6 Å². The summed E-state index contributed by atoms with van der Waals surface area (Å²) in [6, 6.07) is 4.14. The van der Waals surface area contributed by atoms with Crippen molar-refractivity contribution in [2.45, 2.75) is 39.0 Å². The van der Waals surface area contributed by atoms with Gasteiger partial charge < -0.3 is 9.84 Å². The minimum Gasteiger partial charge on any atom is -0.493 e. The molecule has 92 valence electrons. The van der Waals surface area contributed by atoms with Crippen LogP contribution in [0.5, 0.6) is 5.75 Å². The Morgan fingerprint density at radius 2 is 2.18 bits per heavy atom. The van der Waals surface area contributed by atoms with Gasteiger partial charge in [-0.05, 0) is 23.6 Å². The lowest BCUT2D eigenvalue weighted by Gasteiger charge is -2.24. The molecule has 1 aliphatic rings. The Morgan fingerprint density at radius 1 is 1.47 bits per heavy atom. The predicted molar refractivity (Wildman–Crippen MR) is 65.7 cm³/mol. The lowest BCUT2D eigenvalue weighted by Crippen LogP contribution is -2.22. The summed E-state index contributed by atoms with van der Waals surface area (Å²) in [6.07, 6.45) is 1.07. The molecule has 0 radical (unpaired) electrons. The number of hydrogen-bond acceptors (Lipinski definition) is 2. The molecule has 2 rings (SSSR count). The van der Waals surface area contributed by atoms with Gasteiger partial charge in [-0.25, -0.2) is 0 Å². The third-order valence-electron chi connectivity index (χ3n) is 3.34. The van der Waals surface area contributed by atoms with Gasteiger partial charge >= 0.3 is 5.97 Å². The summed E-state index contributed by atoms with van der Waals surface area (Å²) in [5.41, 5.74) is 3.06. The highest BCUT2D eigenvalue weighted by Crippen LogP contribution is 2.36. The van der Waals surface area contributed by atoms with Gasteiger partial charge in [-0.2, -0.15) is 0 Å². The van der Waals surface area contributed by atoms with Crippen molar-refractivity contribution in [1.29, 1.82) is 0 Å². The van der Waals surface area contributed by atoms with E-state index in [0.29, 0.717) is 0 Å². The molecule has 0 atom stereocenters. The number of benzene rings is 1. The van der Waals surface area contributed by atoms with Crippen LogP contribution in [0, 0.1) is 6.92 Å². The molecule has 0 aromatic heterocycles. The zero-order valence-corrected chi connectivity index (χ0v) is 10.5. The number of carboxylic acid groups (broad SMARTS) is 1. The highest BCUT2D eigenvalue weighted by atomic mass is 16.5. The molecule has 1 aromatic carbocycles. The van der Waals surface area contributed by atoms with Crippen molar-refractivity contribution >= 4 is 5.97 Å². The zero-order valence-electron chi connectivity index (χ0n) is 10.5. The number of ether oxygens (including phenoxy) is 1. The number of aryl methyl sites for hydroxylation is 1. The smallest absolute Gasteiger partial charge is 0.304 e. The molecule has 1 aliphatic heterocycles. The van der Waals surface area contributed by atoms with Crippen LogP contribution in [-0.4, -0.2) is 17.7 Å². The first-order chi connectivity index (χ1) is 7.90. The number of fused-ring (bicyclic) bond motifs is 1. The minimum absolute atomic E-state index is 0.145. The van der Waals surface area contributed by atoms with Crippen molar-refractivity contribution in [3.05, 3.63) is 28.8 Å². The van der Waals surface area contributed by atoms with E-state index in [2.05, 4.69) is 6.07 Å². The van der Waals surface area contributed by atoms with Crippen LogP contribution in [0.25, 0.3) is 0 Å². The molecule has 1 aromatic rings. The Hall–Kier alpha value is -1.51. The number of aliphatic carboxylic acids is 1. The third kappa shape index (κ3) is 2.28. The lowest BCUT2D eigenvalue weighted by molar-refractivity contribution is -0.138. The SMILES string of the molecule is Cc1cc(C(C)(C)CC(=O)O)cc2c1OCC2. The summed E-state index contributed by atoms with van der Waals surface area (Å²) in [5.74, 6) is 0.226. The van der Waals surface area contributed by atoms with Gasteiger partial charge in [0.2, 0.25) is 0 Å². The second kappa shape index (κ2) is 4.06. The summed E-state index contributed by atoms with van der Waals surface area (Å²) in [6.45, 7) is 6.69. The van der Waals surface area contributed by atoms with Crippen LogP contribution in [0.3, 0.4) is 0 Å². The lowest BCUT2D eigenvalue weighted by atomic mass is 9.80. The Balaban J connectivity index is 2.40. The summed E-state index contributed by atoms with van der Waals surface area (Å²) < 4.78 is 5.56. The first-order valence-corrected chi connectivity index (χ1v) is 5.89. The molecule has 3 nitrogen and oxygen atoms in total. The molecule has 0 unspecified atom stereocenters. The fraction of sp³-hybridized carbons (Fsp3) is 0.500.